The minimum absolute atomic E-state index is 0.0880. The van der Waals surface area contributed by atoms with Crippen LogP contribution in [0.3, 0.4) is 0 Å². The minimum Gasteiger partial charge on any atom is -0.409 e. The van der Waals surface area contributed by atoms with E-state index in [0.717, 1.165) is 29.7 Å². The molecule has 0 aliphatic heterocycles. The fraction of sp³-hybridized carbons (Fsp3) is 0.375. The molecule has 2 aromatic rings. The number of fused-ring (bicyclic) bond motifs is 1. The normalized spacial score (nSPS) is 13.4. The average molecular weight is 286 g/mol. The topological polar surface area (TPSA) is 74.7 Å². The fourth-order valence-electron chi connectivity index (χ4n) is 2.46. The number of para-hydroxylation sites is 1. The van der Waals surface area contributed by atoms with E-state index in [4.69, 9.17) is 15.9 Å². The molecule has 0 aliphatic rings. The highest BCUT2D eigenvalue weighted by molar-refractivity contribution is 6.04. The van der Waals surface area contributed by atoms with Crippen LogP contribution in [0.15, 0.2) is 35.5 Å². The van der Waals surface area contributed by atoms with E-state index in [1.54, 1.807) is 0 Å². The van der Waals surface area contributed by atoms with E-state index in [-0.39, 0.29) is 5.84 Å². The Morgan fingerprint density at radius 1 is 1.38 bits per heavy atom. The quantitative estimate of drug-likeness (QED) is 0.383. The Morgan fingerprint density at radius 2 is 2.10 bits per heavy atom. The molecule has 0 aliphatic carbocycles. The Hall–Kier alpha value is -2.30. The van der Waals surface area contributed by atoms with Crippen molar-refractivity contribution in [3.63, 3.8) is 0 Å². The van der Waals surface area contributed by atoms with Crippen molar-refractivity contribution in [2.45, 2.75) is 33.2 Å². The third-order valence-corrected chi connectivity index (χ3v) is 3.82. The predicted molar refractivity (Wildman–Crippen MR) is 87.0 cm³/mol. The second-order valence-electron chi connectivity index (χ2n) is 5.08. The standard InChI is InChI=1S/C16H22N4O/c1-4-11(3)20(5-2)16-13(15(17)19-21)10-12-8-6-7-9-14(12)18-16/h6-11,21H,4-5H2,1-3H3,(H2,17,19). The number of aromatic nitrogens is 1. The van der Waals surface area contributed by atoms with Gasteiger partial charge in [0.25, 0.3) is 0 Å². The van der Waals surface area contributed by atoms with Crippen molar-refractivity contribution in [3.05, 3.63) is 35.9 Å². The summed E-state index contributed by atoms with van der Waals surface area (Å²) in [6, 6.07) is 10.1. The zero-order chi connectivity index (χ0) is 15.4. The SMILES string of the molecule is CCC(C)N(CC)c1nc2ccccc2cc1C(N)=NO. The third-order valence-electron chi connectivity index (χ3n) is 3.82. The van der Waals surface area contributed by atoms with Gasteiger partial charge in [-0.25, -0.2) is 4.98 Å². The van der Waals surface area contributed by atoms with Gasteiger partial charge in [-0.3, -0.25) is 0 Å². The molecule has 0 spiro atoms. The molecule has 0 radical (unpaired) electrons. The van der Waals surface area contributed by atoms with Crippen LogP contribution in [0.1, 0.15) is 32.8 Å². The van der Waals surface area contributed by atoms with E-state index < -0.39 is 0 Å². The lowest BCUT2D eigenvalue weighted by atomic mass is 10.1. The number of anilines is 1. The Kier molecular flexibility index (Phi) is 4.62. The maximum absolute atomic E-state index is 9.05. The Bertz CT molecular complexity index is 654. The van der Waals surface area contributed by atoms with Crippen LogP contribution in [-0.2, 0) is 0 Å². The van der Waals surface area contributed by atoms with Gasteiger partial charge in [0.1, 0.15) is 5.82 Å². The van der Waals surface area contributed by atoms with Crippen LogP contribution in [0.5, 0.6) is 0 Å². The lowest BCUT2D eigenvalue weighted by molar-refractivity contribution is 0.318. The largest absolute Gasteiger partial charge is 0.409 e. The summed E-state index contributed by atoms with van der Waals surface area (Å²) in [5, 5.41) is 13.2. The molecule has 0 saturated heterocycles. The number of hydrogen-bond donors (Lipinski definition) is 2. The summed E-state index contributed by atoms with van der Waals surface area (Å²) in [6.07, 6.45) is 0.998. The fourth-order valence-corrected chi connectivity index (χ4v) is 2.46. The first-order chi connectivity index (χ1) is 10.1. The van der Waals surface area contributed by atoms with Gasteiger partial charge in [-0.1, -0.05) is 30.3 Å². The summed E-state index contributed by atoms with van der Waals surface area (Å²) in [5.74, 6) is 0.853. The number of benzene rings is 1. The van der Waals surface area contributed by atoms with Gasteiger partial charge in [0.05, 0.1) is 11.1 Å². The van der Waals surface area contributed by atoms with Crippen LogP contribution in [0.25, 0.3) is 10.9 Å². The van der Waals surface area contributed by atoms with Crippen molar-refractivity contribution in [1.29, 1.82) is 0 Å². The van der Waals surface area contributed by atoms with Crippen LogP contribution >= 0.6 is 0 Å². The molecule has 1 heterocycles. The van der Waals surface area contributed by atoms with Crippen molar-refractivity contribution >= 4 is 22.6 Å². The molecule has 5 nitrogen and oxygen atoms in total. The van der Waals surface area contributed by atoms with Gasteiger partial charge in [0, 0.05) is 18.0 Å². The van der Waals surface area contributed by atoms with Crippen LogP contribution in [-0.4, -0.2) is 28.6 Å². The molecule has 5 heteroatoms. The van der Waals surface area contributed by atoms with Gasteiger partial charge >= 0.3 is 0 Å². The van der Waals surface area contributed by atoms with Crippen molar-refractivity contribution < 1.29 is 5.21 Å². The van der Waals surface area contributed by atoms with E-state index in [2.05, 4.69) is 30.8 Å². The molecule has 1 aromatic heterocycles. The first-order valence-electron chi connectivity index (χ1n) is 7.26. The zero-order valence-corrected chi connectivity index (χ0v) is 12.7. The summed E-state index contributed by atoms with van der Waals surface area (Å²) in [6.45, 7) is 7.18. The van der Waals surface area contributed by atoms with Crippen molar-refractivity contribution in [2.24, 2.45) is 10.9 Å². The van der Waals surface area contributed by atoms with E-state index >= 15 is 0 Å². The number of pyridine rings is 1. The highest BCUT2D eigenvalue weighted by Gasteiger charge is 2.19. The van der Waals surface area contributed by atoms with Crippen molar-refractivity contribution in [2.75, 3.05) is 11.4 Å². The number of nitrogens with zero attached hydrogens (tertiary/aromatic N) is 3. The van der Waals surface area contributed by atoms with Gasteiger partial charge in [-0.05, 0) is 32.4 Å². The van der Waals surface area contributed by atoms with Gasteiger partial charge in [-0.15, -0.1) is 0 Å². The lowest BCUT2D eigenvalue weighted by Gasteiger charge is -2.30. The summed E-state index contributed by atoms with van der Waals surface area (Å²) in [7, 11) is 0. The minimum atomic E-state index is 0.0880. The van der Waals surface area contributed by atoms with Crippen LogP contribution < -0.4 is 10.6 Å². The van der Waals surface area contributed by atoms with Crippen molar-refractivity contribution in [1.82, 2.24) is 4.98 Å². The smallest absolute Gasteiger partial charge is 0.173 e. The van der Waals surface area contributed by atoms with Gasteiger partial charge in [0.15, 0.2) is 5.84 Å². The Labute approximate surface area is 125 Å². The summed E-state index contributed by atoms with van der Waals surface area (Å²) >= 11 is 0. The Balaban J connectivity index is 2.68. The molecule has 3 N–H and O–H groups in total. The van der Waals surface area contributed by atoms with E-state index in [0.29, 0.717) is 11.6 Å². The summed E-state index contributed by atoms with van der Waals surface area (Å²) in [5.41, 5.74) is 7.42. The molecule has 0 amide bonds. The first-order valence-corrected chi connectivity index (χ1v) is 7.26. The van der Waals surface area contributed by atoms with Gasteiger partial charge < -0.3 is 15.8 Å². The van der Waals surface area contributed by atoms with Gasteiger partial charge in [-0.2, -0.15) is 0 Å². The molecule has 112 valence electrons. The second kappa shape index (κ2) is 6.43. The van der Waals surface area contributed by atoms with Crippen LogP contribution in [0.4, 0.5) is 5.82 Å². The number of hydrogen-bond acceptors (Lipinski definition) is 4. The molecular weight excluding hydrogens is 264 g/mol. The number of rotatable bonds is 5. The molecule has 21 heavy (non-hydrogen) atoms. The molecule has 0 saturated carbocycles. The highest BCUT2D eigenvalue weighted by atomic mass is 16.4. The van der Waals surface area contributed by atoms with Crippen molar-refractivity contribution in [3.8, 4) is 0 Å². The summed E-state index contributed by atoms with van der Waals surface area (Å²) < 4.78 is 0. The predicted octanol–water partition coefficient (Wildman–Crippen LogP) is 2.95. The number of nitrogens with two attached hydrogens (primary N) is 1. The second-order valence-corrected chi connectivity index (χ2v) is 5.08. The zero-order valence-electron chi connectivity index (χ0n) is 12.7. The third kappa shape index (κ3) is 2.91. The maximum atomic E-state index is 9.05. The Morgan fingerprint density at radius 3 is 2.71 bits per heavy atom. The van der Waals surface area contributed by atoms with Crippen LogP contribution in [0.2, 0.25) is 0 Å². The number of amidine groups is 1. The monoisotopic (exact) mass is 286 g/mol. The number of oxime groups is 1. The molecule has 1 aromatic carbocycles. The molecule has 0 bridgehead atoms. The van der Waals surface area contributed by atoms with Crippen LogP contribution in [0, 0.1) is 0 Å². The molecule has 0 fully saturated rings. The summed E-state index contributed by atoms with van der Waals surface area (Å²) in [4.78, 5) is 6.92. The molecule has 2 rings (SSSR count). The van der Waals surface area contributed by atoms with Gasteiger partial charge in [0.2, 0.25) is 0 Å². The van der Waals surface area contributed by atoms with E-state index in [9.17, 15) is 0 Å². The highest BCUT2D eigenvalue weighted by Crippen LogP contribution is 2.25. The molecule has 1 atom stereocenters. The molecular formula is C16H22N4O. The van der Waals surface area contributed by atoms with E-state index in [1.165, 1.54) is 0 Å². The lowest BCUT2D eigenvalue weighted by Crippen LogP contribution is -2.35. The average Bonchev–Trinajstić information content (AvgIpc) is 2.53. The first kappa shape index (κ1) is 15.1. The maximum Gasteiger partial charge on any atom is 0.173 e. The van der Waals surface area contributed by atoms with E-state index in [1.807, 2.05) is 30.3 Å². The molecule has 1 unspecified atom stereocenters.